The van der Waals surface area contributed by atoms with E-state index in [2.05, 4.69) is 0 Å². The molecule has 0 atom stereocenters. The highest BCUT2D eigenvalue weighted by Gasteiger charge is 2.44. The molecule has 2 aliphatic rings. The molecule has 0 bridgehead atoms. The van der Waals surface area contributed by atoms with Gasteiger partial charge in [-0.05, 0) is 12.1 Å². The van der Waals surface area contributed by atoms with Gasteiger partial charge in [0.15, 0.2) is 0 Å². The lowest BCUT2D eigenvalue weighted by molar-refractivity contribution is 0.110. The van der Waals surface area contributed by atoms with Gasteiger partial charge >= 0.3 is 0 Å². The first-order valence-corrected chi connectivity index (χ1v) is 6.58. The number of hydrogen-bond acceptors (Lipinski definition) is 4. The summed E-state index contributed by atoms with van der Waals surface area (Å²) in [6, 6.07) is 15.8. The van der Waals surface area contributed by atoms with Crippen LogP contribution in [0, 0.1) is 0 Å². The summed E-state index contributed by atoms with van der Waals surface area (Å²) in [4.78, 5) is 4.75. The van der Waals surface area contributed by atoms with E-state index >= 15 is 0 Å². The Bertz CT molecular complexity index is 664. The first kappa shape index (κ1) is 11.5. The van der Waals surface area contributed by atoms with Crippen LogP contribution < -0.4 is 10.5 Å². The van der Waals surface area contributed by atoms with Gasteiger partial charge in [0, 0.05) is 11.1 Å². The van der Waals surface area contributed by atoms with E-state index in [1.165, 1.54) is 0 Å². The zero-order valence-electron chi connectivity index (χ0n) is 10.9. The van der Waals surface area contributed by atoms with E-state index in [4.69, 9.17) is 20.2 Å². The van der Waals surface area contributed by atoms with Crippen LogP contribution in [-0.4, -0.2) is 19.0 Å². The van der Waals surface area contributed by atoms with Gasteiger partial charge in [0.1, 0.15) is 29.5 Å². The van der Waals surface area contributed by atoms with Gasteiger partial charge in [-0.3, -0.25) is 4.99 Å². The summed E-state index contributed by atoms with van der Waals surface area (Å²) in [7, 11) is 0. The molecular formula is C16H14N2O2. The molecule has 0 amide bonds. The quantitative estimate of drug-likeness (QED) is 0.796. The average Bonchev–Trinajstić information content (AvgIpc) is 2.48. The van der Waals surface area contributed by atoms with E-state index in [0.717, 1.165) is 22.6 Å². The molecule has 0 unspecified atom stereocenters. The summed E-state index contributed by atoms with van der Waals surface area (Å²) in [6.07, 6.45) is 0. The smallest absolute Gasteiger partial charge is 0.143 e. The van der Waals surface area contributed by atoms with Crippen LogP contribution in [0.1, 0.15) is 11.1 Å². The van der Waals surface area contributed by atoms with E-state index in [-0.39, 0.29) is 0 Å². The monoisotopic (exact) mass is 266 g/mol. The third-order valence-electron chi connectivity index (χ3n) is 3.78. The van der Waals surface area contributed by atoms with Crippen LogP contribution in [0.25, 0.3) is 0 Å². The van der Waals surface area contributed by atoms with Gasteiger partial charge in [-0.2, -0.15) is 0 Å². The van der Waals surface area contributed by atoms with Gasteiger partial charge in [-0.15, -0.1) is 0 Å². The Balaban J connectivity index is 2.04. The maximum atomic E-state index is 5.97. The summed E-state index contributed by atoms with van der Waals surface area (Å²) in [5.74, 6) is 2.14. The van der Waals surface area contributed by atoms with Gasteiger partial charge < -0.3 is 15.2 Å². The lowest BCUT2D eigenvalue weighted by Crippen LogP contribution is -2.42. The van der Waals surface area contributed by atoms with Crippen molar-refractivity contribution in [3.05, 3.63) is 59.7 Å². The van der Waals surface area contributed by atoms with Crippen LogP contribution >= 0.6 is 0 Å². The second kappa shape index (κ2) is 4.08. The third kappa shape index (κ3) is 1.48. The fraction of sp³-hybridized carbons (Fsp3) is 0.188. The van der Waals surface area contributed by atoms with E-state index in [9.17, 15) is 0 Å². The van der Waals surface area contributed by atoms with Gasteiger partial charge in [0.05, 0.1) is 6.61 Å². The molecule has 4 nitrogen and oxygen atoms in total. The number of nitrogens with two attached hydrogens (primary N) is 1. The molecule has 0 saturated heterocycles. The largest absolute Gasteiger partial charge is 0.457 e. The molecular weight excluding hydrogens is 252 g/mol. The summed E-state index contributed by atoms with van der Waals surface area (Å²) in [5.41, 5.74) is 7.35. The highest BCUT2D eigenvalue weighted by Crippen LogP contribution is 2.49. The van der Waals surface area contributed by atoms with E-state index in [1.54, 1.807) is 0 Å². The SMILES string of the molecule is NC1=NC2(COC1)c1ccccc1Oc1ccccc12. The van der Waals surface area contributed by atoms with Crippen LogP contribution in [0.3, 0.4) is 0 Å². The number of ether oxygens (including phenoxy) is 2. The van der Waals surface area contributed by atoms with Gasteiger partial charge in [-0.25, -0.2) is 0 Å². The first-order chi connectivity index (χ1) is 9.79. The maximum absolute atomic E-state index is 5.97. The number of aliphatic imine (C=N–C) groups is 1. The summed E-state index contributed by atoms with van der Waals surface area (Å²) < 4.78 is 11.7. The minimum atomic E-state index is -0.590. The summed E-state index contributed by atoms with van der Waals surface area (Å²) in [5, 5.41) is 0. The molecule has 100 valence electrons. The Hall–Kier alpha value is -2.33. The molecule has 2 N–H and O–H groups in total. The number of para-hydroxylation sites is 2. The molecule has 20 heavy (non-hydrogen) atoms. The van der Waals surface area contributed by atoms with Gasteiger partial charge in [0.25, 0.3) is 0 Å². The van der Waals surface area contributed by atoms with Crippen molar-refractivity contribution < 1.29 is 9.47 Å². The predicted octanol–water partition coefficient (Wildman–Crippen LogP) is 2.42. The van der Waals surface area contributed by atoms with E-state index in [1.807, 2.05) is 48.5 Å². The standard InChI is InChI=1S/C16H14N2O2/c17-15-9-19-10-16(18-15)11-5-1-3-7-13(11)20-14-8-4-2-6-12(14)16/h1-8H,9-10H2,(H2,17,18). The number of benzene rings is 2. The molecule has 4 rings (SSSR count). The van der Waals surface area contributed by atoms with Gasteiger partial charge in [0.2, 0.25) is 0 Å². The van der Waals surface area contributed by atoms with E-state index < -0.39 is 5.54 Å². The van der Waals surface area contributed by atoms with Crippen molar-refractivity contribution in [1.29, 1.82) is 0 Å². The minimum absolute atomic E-state index is 0.382. The molecule has 2 aromatic rings. The molecule has 2 aromatic carbocycles. The van der Waals surface area contributed by atoms with Crippen LogP contribution in [0.15, 0.2) is 53.5 Å². The Morgan fingerprint density at radius 1 is 0.950 bits per heavy atom. The highest BCUT2D eigenvalue weighted by atomic mass is 16.5. The molecule has 4 heteroatoms. The van der Waals surface area contributed by atoms with Crippen molar-refractivity contribution in [3.63, 3.8) is 0 Å². The number of rotatable bonds is 0. The zero-order chi connectivity index (χ0) is 13.6. The van der Waals surface area contributed by atoms with Crippen molar-refractivity contribution in [2.75, 3.05) is 13.2 Å². The predicted molar refractivity (Wildman–Crippen MR) is 76.2 cm³/mol. The fourth-order valence-electron chi connectivity index (χ4n) is 2.95. The van der Waals surface area contributed by atoms with Crippen LogP contribution in [0.2, 0.25) is 0 Å². The van der Waals surface area contributed by atoms with Crippen molar-refractivity contribution >= 4 is 5.84 Å². The van der Waals surface area contributed by atoms with Gasteiger partial charge in [-0.1, -0.05) is 36.4 Å². The zero-order valence-corrected chi connectivity index (χ0v) is 10.9. The fourth-order valence-corrected chi connectivity index (χ4v) is 2.95. The summed E-state index contributed by atoms with van der Waals surface area (Å²) >= 11 is 0. The number of nitrogens with zero attached hydrogens (tertiary/aromatic N) is 1. The van der Waals surface area contributed by atoms with Crippen LogP contribution in [0.4, 0.5) is 0 Å². The highest BCUT2D eigenvalue weighted by molar-refractivity contribution is 5.83. The van der Waals surface area contributed by atoms with Crippen molar-refractivity contribution in [2.24, 2.45) is 10.7 Å². The topological polar surface area (TPSA) is 56.8 Å². The molecule has 0 aromatic heterocycles. The Labute approximate surface area is 116 Å². The number of hydrogen-bond donors (Lipinski definition) is 1. The Morgan fingerprint density at radius 3 is 2.15 bits per heavy atom. The third-order valence-corrected chi connectivity index (χ3v) is 3.78. The summed E-state index contributed by atoms with van der Waals surface area (Å²) in [6.45, 7) is 0.859. The normalized spacial score (nSPS) is 18.7. The maximum Gasteiger partial charge on any atom is 0.143 e. The number of fused-ring (bicyclic) bond motifs is 4. The van der Waals surface area contributed by atoms with E-state index in [0.29, 0.717) is 19.0 Å². The lowest BCUT2D eigenvalue weighted by Gasteiger charge is -2.39. The molecule has 0 radical (unpaired) electrons. The van der Waals surface area contributed by atoms with Crippen molar-refractivity contribution in [3.8, 4) is 11.5 Å². The number of amidine groups is 1. The Kier molecular flexibility index (Phi) is 2.35. The molecule has 1 spiro atoms. The van der Waals surface area contributed by atoms with Crippen molar-refractivity contribution in [2.45, 2.75) is 5.54 Å². The van der Waals surface area contributed by atoms with Crippen LogP contribution in [0.5, 0.6) is 11.5 Å². The van der Waals surface area contributed by atoms with Crippen molar-refractivity contribution in [1.82, 2.24) is 0 Å². The lowest BCUT2D eigenvalue weighted by atomic mass is 9.80. The molecule has 0 saturated carbocycles. The Morgan fingerprint density at radius 2 is 1.55 bits per heavy atom. The van der Waals surface area contributed by atoms with Crippen LogP contribution in [-0.2, 0) is 10.3 Å². The minimum Gasteiger partial charge on any atom is -0.457 e. The second-order valence-corrected chi connectivity index (χ2v) is 5.05. The first-order valence-electron chi connectivity index (χ1n) is 6.58. The molecule has 0 aliphatic carbocycles. The second-order valence-electron chi connectivity index (χ2n) is 5.05. The molecule has 2 aliphatic heterocycles. The molecule has 2 heterocycles. The average molecular weight is 266 g/mol. The molecule has 0 fully saturated rings.